The van der Waals surface area contributed by atoms with Crippen molar-refractivity contribution in [2.45, 2.75) is 36.7 Å². The number of aryl methyl sites for hydroxylation is 1. The van der Waals surface area contributed by atoms with Gasteiger partial charge in [-0.05, 0) is 24.6 Å². The SMILES string of the molecule is CCOC(=O)N1CCN(C(c2cccc(OC)c2)C2Sc3nc(CC)nn3C2=O)CC1. The Labute approximate surface area is 185 Å². The molecular formula is C21H27N5O4S. The van der Waals surface area contributed by atoms with Gasteiger partial charge in [-0.3, -0.25) is 9.69 Å². The van der Waals surface area contributed by atoms with Crippen molar-refractivity contribution in [1.29, 1.82) is 0 Å². The summed E-state index contributed by atoms with van der Waals surface area (Å²) in [6, 6.07) is 7.63. The number of carbonyl (C=O) groups excluding carboxylic acids is 2. The van der Waals surface area contributed by atoms with E-state index in [9.17, 15) is 9.59 Å². The molecule has 2 aliphatic rings. The summed E-state index contributed by atoms with van der Waals surface area (Å²) in [4.78, 5) is 33.9. The van der Waals surface area contributed by atoms with Gasteiger partial charge in [0.15, 0.2) is 11.0 Å². The molecule has 1 aromatic carbocycles. The molecular weight excluding hydrogens is 418 g/mol. The largest absolute Gasteiger partial charge is 0.497 e. The Balaban J connectivity index is 1.60. The Hall–Kier alpha value is -2.59. The van der Waals surface area contributed by atoms with Crippen LogP contribution in [0.1, 0.15) is 36.1 Å². The molecule has 2 aromatic rings. The third-order valence-corrected chi connectivity index (χ3v) is 6.77. The maximum absolute atomic E-state index is 13.3. The molecule has 3 heterocycles. The van der Waals surface area contributed by atoms with Crippen molar-refractivity contribution in [1.82, 2.24) is 24.6 Å². The van der Waals surface area contributed by atoms with E-state index in [4.69, 9.17) is 9.47 Å². The maximum Gasteiger partial charge on any atom is 0.409 e. The summed E-state index contributed by atoms with van der Waals surface area (Å²) in [5.41, 5.74) is 0.997. The van der Waals surface area contributed by atoms with E-state index in [1.165, 1.54) is 16.4 Å². The molecule has 1 amide bonds. The molecule has 0 radical (unpaired) electrons. The van der Waals surface area contributed by atoms with Gasteiger partial charge in [-0.1, -0.05) is 30.8 Å². The van der Waals surface area contributed by atoms with Crippen molar-refractivity contribution in [3.63, 3.8) is 0 Å². The summed E-state index contributed by atoms with van der Waals surface area (Å²) in [6.07, 6.45) is 0.399. The van der Waals surface area contributed by atoms with Crippen LogP contribution in [0.5, 0.6) is 5.75 Å². The molecule has 1 fully saturated rings. The Morgan fingerprint density at radius 2 is 2.03 bits per heavy atom. The van der Waals surface area contributed by atoms with Crippen LogP contribution in [0.25, 0.3) is 0 Å². The lowest BCUT2D eigenvalue weighted by Gasteiger charge is -2.40. The Morgan fingerprint density at radius 3 is 2.68 bits per heavy atom. The fourth-order valence-electron chi connectivity index (χ4n) is 3.99. The van der Waals surface area contributed by atoms with Crippen molar-refractivity contribution in [3.8, 4) is 5.75 Å². The molecule has 9 nitrogen and oxygen atoms in total. The summed E-state index contributed by atoms with van der Waals surface area (Å²) in [5, 5.41) is 4.64. The number of aromatic nitrogens is 3. The van der Waals surface area contributed by atoms with Gasteiger partial charge in [-0.2, -0.15) is 4.68 Å². The molecule has 0 spiro atoms. The Morgan fingerprint density at radius 1 is 1.26 bits per heavy atom. The second-order valence-corrected chi connectivity index (χ2v) is 8.50. The maximum atomic E-state index is 13.3. The van der Waals surface area contributed by atoms with Gasteiger partial charge >= 0.3 is 6.09 Å². The average Bonchev–Trinajstić information content (AvgIpc) is 3.34. The molecule has 31 heavy (non-hydrogen) atoms. The molecule has 1 aromatic heterocycles. The molecule has 2 aliphatic heterocycles. The van der Waals surface area contributed by atoms with E-state index in [-0.39, 0.29) is 23.3 Å². The monoisotopic (exact) mass is 445 g/mol. The normalized spacial score (nSPS) is 19.9. The lowest BCUT2D eigenvalue weighted by molar-refractivity contribution is 0.0600. The van der Waals surface area contributed by atoms with Crippen LogP contribution in [0.4, 0.5) is 4.79 Å². The Kier molecular flexibility index (Phi) is 6.47. The molecule has 0 aliphatic carbocycles. The highest BCUT2D eigenvalue weighted by atomic mass is 32.2. The van der Waals surface area contributed by atoms with E-state index >= 15 is 0 Å². The minimum Gasteiger partial charge on any atom is -0.497 e. The van der Waals surface area contributed by atoms with E-state index in [2.05, 4.69) is 15.0 Å². The van der Waals surface area contributed by atoms with Crippen LogP contribution < -0.4 is 4.74 Å². The molecule has 166 valence electrons. The lowest BCUT2D eigenvalue weighted by atomic mass is 9.99. The zero-order valence-corrected chi connectivity index (χ0v) is 18.8. The van der Waals surface area contributed by atoms with Crippen molar-refractivity contribution in [2.75, 3.05) is 39.9 Å². The van der Waals surface area contributed by atoms with Gasteiger partial charge in [0, 0.05) is 32.6 Å². The topological polar surface area (TPSA) is 89.8 Å². The number of methoxy groups -OCH3 is 1. The van der Waals surface area contributed by atoms with Crippen LogP contribution in [0.2, 0.25) is 0 Å². The van der Waals surface area contributed by atoms with E-state index in [0.29, 0.717) is 50.2 Å². The van der Waals surface area contributed by atoms with E-state index in [1.807, 2.05) is 31.2 Å². The highest BCUT2D eigenvalue weighted by Gasteiger charge is 2.44. The highest BCUT2D eigenvalue weighted by Crippen LogP contribution is 2.41. The zero-order valence-electron chi connectivity index (χ0n) is 18.0. The molecule has 4 rings (SSSR count). The number of hydrogen-bond acceptors (Lipinski definition) is 8. The third-order valence-electron chi connectivity index (χ3n) is 5.58. The molecule has 2 atom stereocenters. The molecule has 0 N–H and O–H groups in total. The quantitative estimate of drug-likeness (QED) is 0.670. The molecule has 10 heteroatoms. The first-order valence-corrected chi connectivity index (χ1v) is 11.4. The van der Waals surface area contributed by atoms with Crippen molar-refractivity contribution in [3.05, 3.63) is 35.7 Å². The third kappa shape index (κ3) is 4.27. The van der Waals surface area contributed by atoms with Gasteiger partial charge in [-0.25, -0.2) is 9.78 Å². The molecule has 1 saturated heterocycles. The van der Waals surface area contributed by atoms with Crippen LogP contribution >= 0.6 is 11.8 Å². The van der Waals surface area contributed by atoms with E-state index in [0.717, 1.165) is 11.3 Å². The number of thioether (sulfide) groups is 1. The summed E-state index contributed by atoms with van der Waals surface area (Å²) in [7, 11) is 1.63. The van der Waals surface area contributed by atoms with Gasteiger partial charge < -0.3 is 14.4 Å². The first-order valence-electron chi connectivity index (χ1n) is 10.5. The van der Waals surface area contributed by atoms with Crippen LogP contribution in [0, 0.1) is 0 Å². The first-order chi connectivity index (χ1) is 15.0. The zero-order chi connectivity index (χ0) is 22.0. The Bertz CT molecular complexity index is 957. The van der Waals surface area contributed by atoms with Crippen molar-refractivity contribution < 1.29 is 19.1 Å². The summed E-state index contributed by atoms with van der Waals surface area (Å²) >= 11 is 1.46. The van der Waals surface area contributed by atoms with Crippen LogP contribution in [-0.4, -0.2) is 81.7 Å². The van der Waals surface area contributed by atoms with Gasteiger partial charge in [-0.15, -0.1) is 5.10 Å². The minimum atomic E-state index is -0.373. The predicted molar refractivity (Wildman–Crippen MR) is 116 cm³/mol. The summed E-state index contributed by atoms with van der Waals surface area (Å²) in [5.74, 6) is 1.36. The first kappa shape index (κ1) is 21.6. The van der Waals surface area contributed by atoms with Crippen molar-refractivity contribution in [2.24, 2.45) is 0 Å². The highest BCUT2D eigenvalue weighted by molar-refractivity contribution is 8.00. The number of nitrogens with zero attached hydrogens (tertiary/aromatic N) is 5. The fourth-order valence-corrected chi connectivity index (χ4v) is 5.27. The number of fused-ring (bicyclic) bond motifs is 1. The van der Waals surface area contributed by atoms with E-state index in [1.54, 1.807) is 18.9 Å². The van der Waals surface area contributed by atoms with Crippen LogP contribution in [-0.2, 0) is 11.2 Å². The number of ether oxygens (including phenoxy) is 2. The minimum absolute atomic E-state index is 0.0622. The van der Waals surface area contributed by atoms with Gasteiger partial charge in [0.25, 0.3) is 5.91 Å². The smallest absolute Gasteiger partial charge is 0.409 e. The number of hydrogen-bond donors (Lipinski definition) is 0. The summed E-state index contributed by atoms with van der Waals surface area (Å²) < 4.78 is 12.0. The number of rotatable bonds is 6. The molecule has 0 saturated carbocycles. The number of carbonyl (C=O) groups is 2. The van der Waals surface area contributed by atoms with Gasteiger partial charge in [0.2, 0.25) is 0 Å². The predicted octanol–water partition coefficient (Wildman–Crippen LogP) is 2.48. The van der Waals surface area contributed by atoms with E-state index < -0.39 is 0 Å². The van der Waals surface area contributed by atoms with Crippen LogP contribution in [0.15, 0.2) is 29.4 Å². The standard InChI is InChI=1S/C21H27N5O4S/c1-4-16-22-20-26(23-16)19(27)18(31-20)17(14-7-6-8-15(13-14)29-3)24-9-11-25(12-10-24)21(28)30-5-2/h6-8,13,17-18H,4-5,9-12H2,1-3H3. The van der Waals surface area contributed by atoms with Crippen LogP contribution in [0.3, 0.4) is 0 Å². The lowest BCUT2D eigenvalue weighted by Crippen LogP contribution is -2.52. The molecule has 0 bridgehead atoms. The molecule has 2 unspecified atom stereocenters. The second kappa shape index (κ2) is 9.27. The number of amides is 1. The fraction of sp³-hybridized carbons (Fsp3) is 0.524. The summed E-state index contributed by atoms with van der Waals surface area (Å²) in [6.45, 7) is 6.51. The average molecular weight is 446 g/mol. The second-order valence-electron chi connectivity index (χ2n) is 7.40. The van der Waals surface area contributed by atoms with Gasteiger partial charge in [0.1, 0.15) is 11.0 Å². The van der Waals surface area contributed by atoms with Gasteiger partial charge in [0.05, 0.1) is 19.8 Å². The number of benzene rings is 1. The van der Waals surface area contributed by atoms with Crippen molar-refractivity contribution >= 4 is 23.8 Å². The number of piperazine rings is 1.